The number of hydrogen-bond acceptors (Lipinski definition) is 6. The molecule has 0 saturated carbocycles. The molecule has 9 nitrogen and oxygen atoms in total. The van der Waals surface area contributed by atoms with E-state index in [1.54, 1.807) is 25.2 Å². The highest BCUT2D eigenvalue weighted by Gasteiger charge is 2.31. The van der Waals surface area contributed by atoms with E-state index in [0.717, 1.165) is 14.8 Å². The van der Waals surface area contributed by atoms with Crippen LogP contribution in [0.3, 0.4) is 0 Å². The molecule has 30 heavy (non-hydrogen) atoms. The van der Waals surface area contributed by atoms with Gasteiger partial charge in [-0.25, -0.2) is 9.78 Å². The summed E-state index contributed by atoms with van der Waals surface area (Å²) < 4.78 is 13.2. The summed E-state index contributed by atoms with van der Waals surface area (Å²) >= 11 is 3.39. The Bertz CT molecular complexity index is 1120. The zero-order chi connectivity index (χ0) is 21.3. The molecule has 1 atom stereocenters. The average Bonchev–Trinajstić information content (AvgIpc) is 3.15. The average molecular weight is 472 g/mol. The molecule has 4 rings (SSSR count). The summed E-state index contributed by atoms with van der Waals surface area (Å²) in [6, 6.07) is 9.30. The lowest BCUT2D eigenvalue weighted by Crippen LogP contribution is -2.50. The molecule has 3 aromatic rings. The van der Waals surface area contributed by atoms with E-state index in [4.69, 9.17) is 9.47 Å². The minimum Gasteiger partial charge on any atom is -0.489 e. The van der Waals surface area contributed by atoms with Crippen LogP contribution < -0.4 is 19.7 Å². The second-order valence-electron chi connectivity index (χ2n) is 6.66. The summed E-state index contributed by atoms with van der Waals surface area (Å²) in [5.41, 5.74) is 1.42. The molecule has 1 aliphatic heterocycles. The number of anilines is 1. The molecule has 0 saturated heterocycles. The number of aryl methyl sites for hydroxylation is 1. The van der Waals surface area contributed by atoms with Crippen molar-refractivity contribution in [1.82, 2.24) is 20.1 Å². The molecule has 0 fully saturated rings. The number of hydrogen-bond donors (Lipinski definition) is 1. The van der Waals surface area contributed by atoms with Gasteiger partial charge >= 0.3 is 6.03 Å². The zero-order valence-electron chi connectivity index (χ0n) is 16.2. The van der Waals surface area contributed by atoms with Crippen molar-refractivity contribution in [2.75, 3.05) is 18.6 Å². The van der Waals surface area contributed by atoms with Gasteiger partial charge in [-0.3, -0.25) is 4.79 Å². The van der Waals surface area contributed by atoms with E-state index in [1.807, 2.05) is 25.1 Å². The summed E-state index contributed by atoms with van der Waals surface area (Å²) in [5, 5.41) is 6.65. The van der Waals surface area contributed by atoms with Gasteiger partial charge in [-0.15, -0.1) is 0 Å². The lowest BCUT2D eigenvalue weighted by Gasteiger charge is -2.20. The second-order valence-corrected chi connectivity index (χ2v) is 7.58. The van der Waals surface area contributed by atoms with Crippen molar-refractivity contribution in [3.63, 3.8) is 0 Å². The zero-order valence-corrected chi connectivity index (χ0v) is 17.8. The number of likely N-dealkylation sites (N-methyl/N-ethyl adjacent to an activating group) is 1. The first kappa shape index (κ1) is 19.9. The Labute approximate surface area is 180 Å². The highest BCUT2D eigenvalue weighted by atomic mass is 79.9. The van der Waals surface area contributed by atoms with E-state index in [0.29, 0.717) is 23.1 Å². The summed E-state index contributed by atoms with van der Waals surface area (Å²) in [7, 11) is 1.64. The van der Waals surface area contributed by atoms with Crippen molar-refractivity contribution in [2.45, 2.75) is 13.0 Å². The van der Waals surface area contributed by atoms with Gasteiger partial charge in [0.15, 0.2) is 5.75 Å². The minimum atomic E-state index is -0.874. The quantitative estimate of drug-likeness (QED) is 0.629. The maximum atomic E-state index is 12.8. The third-order valence-corrected chi connectivity index (χ3v) is 4.96. The first-order valence-electron chi connectivity index (χ1n) is 9.07. The number of fused-ring (bicyclic) bond motifs is 1. The fourth-order valence-corrected chi connectivity index (χ4v) is 3.30. The smallest absolute Gasteiger partial charge is 0.342 e. The van der Waals surface area contributed by atoms with Crippen molar-refractivity contribution < 1.29 is 19.1 Å². The Morgan fingerprint density at radius 1 is 1.33 bits per heavy atom. The summed E-state index contributed by atoms with van der Waals surface area (Å²) in [6.45, 7) is 1.85. The first-order chi connectivity index (χ1) is 14.4. The first-order valence-corrected chi connectivity index (χ1v) is 9.87. The van der Waals surface area contributed by atoms with Crippen LogP contribution in [-0.2, 0) is 4.79 Å². The number of benzene rings is 1. The number of carbonyl (C=O) groups is 2. The molecule has 10 heteroatoms. The van der Waals surface area contributed by atoms with Gasteiger partial charge in [-0.2, -0.15) is 9.78 Å². The molecule has 3 heterocycles. The van der Waals surface area contributed by atoms with Gasteiger partial charge in [0.1, 0.15) is 18.4 Å². The molecular weight excluding hydrogens is 454 g/mol. The molecule has 0 radical (unpaired) electrons. The second kappa shape index (κ2) is 8.15. The Hall–Kier alpha value is -3.40. The molecule has 1 aliphatic rings. The van der Waals surface area contributed by atoms with Crippen LogP contribution in [0.1, 0.15) is 5.69 Å². The number of ether oxygens (including phenoxy) is 2. The third-order valence-electron chi connectivity index (χ3n) is 4.47. The molecule has 0 aliphatic carbocycles. The number of nitrogens with one attached hydrogen (secondary N) is 1. The van der Waals surface area contributed by atoms with Gasteiger partial charge in [0.25, 0.3) is 5.91 Å². The van der Waals surface area contributed by atoms with Crippen LogP contribution in [0.4, 0.5) is 10.5 Å². The van der Waals surface area contributed by atoms with Gasteiger partial charge in [0.2, 0.25) is 5.88 Å². The van der Waals surface area contributed by atoms with Crippen LogP contribution >= 0.6 is 15.9 Å². The fraction of sp³-hybridized carbons (Fsp3) is 0.200. The molecule has 2 aromatic heterocycles. The Kier molecular flexibility index (Phi) is 5.40. The Morgan fingerprint density at radius 3 is 2.97 bits per heavy atom. The van der Waals surface area contributed by atoms with Crippen LogP contribution in [0.25, 0.3) is 0 Å². The van der Waals surface area contributed by atoms with Crippen LogP contribution in [0, 0.1) is 6.92 Å². The van der Waals surface area contributed by atoms with Crippen LogP contribution in [0.15, 0.2) is 53.3 Å². The van der Waals surface area contributed by atoms with Crippen molar-refractivity contribution in [3.05, 3.63) is 59.0 Å². The maximum absolute atomic E-state index is 12.8. The van der Waals surface area contributed by atoms with Gasteiger partial charge in [0, 0.05) is 23.3 Å². The lowest BCUT2D eigenvalue weighted by molar-refractivity contribution is -0.120. The minimum absolute atomic E-state index is 0.00137. The molecular formula is C20H18BrN5O4. The Morgan fingerprint density at radius 2 is 2.17 bits per heavy atom. The summed E-state index contributed by atoms with van der Waals surface area (Å²) in [4.78, 5) is 31.1. The summed E-state index contributed by atoms with van der Waals surface area (Å²) in [6.07, 6.45) is 2.81. The number of rotatable bonds is 3. The van der Waals surface area contributed by atoms with Crippen molar-refractivity contribution >= 4 is 33.6 Å². The predicted octanol–water partition coefficient (Wildman–Crippen LogP) is 3.12. The largest absolute Gasteiger partial charge is 0.489 e. The highest BCUT2D eigenvalue weighted by Crippen LogP contribution is 2.33. The Balaban J connectivity index is 1.45. The molecule has 1 aromatic carbocycles. The molecule has 1 N–H and O–H groups in total. The molecule has 0 spiro atoms. The van der Waals surface area contributed by atoms with Gasteiger partial charge < -0.3 is 19.7 Å². The molecule has 154 valence electrons. The van der Waals surface area contributed by atoms with Gasteiger partial charge in [0.05, 0.1) is 18.1 Å². The van der Waals surface area contributed by atoms with E-state index in [-0.39, 0.29) is 12.5 Å². The van der Waals surface area contributed by atoms with Crippen molar-refractivity contribution in [1.29, 1.82) is 0 Å². The van der Waals surface area contributed by atoms with E-state index in [2.05, 4.69) is 31.3 Å². The topological polar surface area (TPSA) is 98.6 Å². The fourth-order valence-electron chi connectivity index (χ4n) is 2.96. The van der Waals surface area contributed by atoms with Gasteiger partial charge in [-0.05, 0) is 31.2 Å². The van der Waals surface area contributed by atoms with Crippen molar-refractivity contribution in [3.8, 4) is 17.4 Å². The van der Waals surface area contributed by atoms with E-state index in [9.17, 15) is 9.59 Å². The van der Waals surface area contributed by atoms with E-state index >= 15 is 0 Å². The molecule has 2 amide bonds. The lowest BCUT2D eigenvalue weighted by atomic mass is 10.2. The van der Waals surface area contributed by atoms with Crippen LogP contribution in [-0.4, -0.2) is 46.4 Å². The van der Waals surface area contributed by atoms with Crippen molar-refractivity contribution in [2.24, 2.45) is 0 Å². The van der Waals surface area contributed by atoms with Crippen LogP contribution in [0.2, 0.25) is 0 Å². The summed E-state index contributed by atoms with van der Waals surface area (Å²) in [5.74, 6) is 1.01. The number of halogens is 1. The monoisotopic (exact) mass is 471 g/mol. The molecule has 0 bridgehead atoms. The predicted molar refractivity (Wildman–Crippen MR) is 112 cm³/mol. The number of amides is 2. The molecule has 0 unspecified atom stereocenters. The maximum Gasteiger partial charge on any atom is 0.342 e. The normalized spacial score (nSPS) is 15.8. The van der Waals surface area contributed by atoms with Gasteiger partial charge in [-0.1, -0.05) is 22.0 Å². The third kappa shape index (κ3) is 4.13. The SMILES string of the molecule is Cc1cccc(Oc2cnn(C(=O)N[C@H]3COc4ccc(Br)cc4N(C)C3=O)c2)n1. The van der Waals surface area contributed by atoms with E-state index < -0.39 is 12.1 Å². The number of carbonyl (C=O) groups excluding carboxylic acids is 2. The highest BCUT2D eigenvalue weighted by molar-refractivity contribution is 9.10. The number of pyridine rings is 1. The van der Waals surface area contributed by atoms with E-state index in [1.165, 1.54) is 17.3 Å². The standard InChI is InChI=1S/C20H18BrN5O4/c1-12-4-3-5-18(23-12)30-14-9-22-26(10-14)20(28)24-15-11-29-17-7-6-13(21)8-16(17)25(2)19(15)27/h3-10,15H,11H2,1-2H3,(H,24,28)/t15-/m0/s1. The number of nitrogens with zero attached hydrogens (tertiary/aromatic N) is 4. The van der Waals surface area contributed by atoms with Crippen LogP contribution in [0.5, 0.6) is 17.4 Å². The number of aromatic nitrogens is 3.